The van der Waals surface area contributed by atoms with Crippen molar-refractivity contribution in [3.8, 4) is 0 Å². The van der Waals surface area contributed by atoms with Crippen molar-refractivity contribution < 1.29 is 32.7 Å². The topological polar surface area (TPSA) is 0 Å². The fourth-order valence-corrected chi connectivity index (χ4v) is 2.59. The molecule has 0 aliphatic heterocycles. The van der Waals surface area contributed by atoms with Crippen molar-refractivity contribution in [2.24, 2.45) is 0 Å². The standard InChI is InChI=1S/C15H16.2C7H7.Y/c1-12-3-7-14(8-4-12)11-15-9-5-13(2)6-10-15;2*1-7-5-3-2-4-6-7;/h3-10H,11H2,1-2H3;2*3-6H,1H3;/q;2*-1;. The molecule has 0 amide bonds. The molecule has 0 bridgehead atoms. The normalized spacial score (nSPS) is 9.20. The van der Waals surface area contributed by atoms with Gasteiger partial charge in [-0.2, -0.15) is 71.8 Å². The number of rotatable bonds is 2. The van der Waals surface area contributed by atoms with Crippen LogP contribution in [0.4, 0.5) is 0 Å². The third-order valence-electron chi connectivity index (χ3n) is 4.42. The monoisotopic (exact) mass is 467 g/mol. The molecule has 30 heavy (non-hydrogen) atoms. The first kappa shape index (κ1) is 26.0. The van der Waals surface area contributed by atoms with Gasteiger partial charge >= 0.3 is 0 Å². The van der Waals surface area contributed by atoms with Crippen molar-refractivity contribution in [1.29, 1.82) is 0 Å². The Balaban J connectivity index is 0.000000251. The summed E-state index contributed by atoms with van der Waals surface area (Å²) in [5.74, 6) is 0. The summed E-state index contributed by atoms with van der Waals surface area (Å²) in [6.07, 6.45) is 1.03. The largest absolute Gasteiger partial charge is 0.184 e. The Hall–Kier alpha value is -2.02. The fraction of sp³-hybridized carbons (Fsp3) is 0.172. The van der Waals surface area contributed by atoms with Gasteiger partial charge in [0.2, 0.25) is 0 Å². The zero-order valence-electron chi connectivity index (χ0n) is 18.5. The van der Waals surface area contributed by atoms with Crippen LogP contribution < -0.4 is 0 Å². The van der Waals surface area contributed by atoms with Crippen molar-refractivity contribution in [3.05, 3.63) is 143 Å². The van der Waals surface area contributed by atoms with Crippen molar-refractivity contribution in [1.82, 2.24) is 0 Å². The molecular formula is C29H30Y-2. The van der Waals surface area contributed by atoms with Crippen LogP contribution in [0.1, 0.15) is 33.4 Å². The van der Waals surface area contributed by atoms with Crippen LogP contribution in [-0.2, 0) is 39.1 Å². The third kappa shape index (κ3) is 11.2. The summed E-state index contributed by atoms with van der Waals surface area (Å²) in [7, 11) is 0. The van der Waals surface area contributed by atoms with Gasteiger partial charge in [-0.3, -0.25) is 0 Å². The van der Waals surface area contributed by atoms with Gasteiger partial charge in [0.1, 0.15) is 0 Å². The summed E-state index contributed by atoms with van der Waals surface area (Å²) in [5, 5.41) is 0. The first-order valence-electron chi connectivity index (χ1n) is 9.99. The SMILES string of the molecule is Cc1cc[c-]cc1.Cc1cc[c-]cc1.Cc1ccc(Cc2ccc(C)cc2)cc1.[Y]. The van der Waals surface area contributed by atoms with Gasteiger partial charge in [0.05, 0.1) is 0 Å². The first-order valence-corrected chi connectivity index (χ1v) is 9.99. The van der Waals surface area contributed by atoms with Crippen molar-refractivity contribution >= 4 is 0 Å². The van der Waals surface area contributed by atoms with E-state index in [9.17, 15) is 0 Å². The summed E-state index contributed by atoms with van der Waals surface area (Å²) in [5.41, 5.74) is 7.98. The van der Waals surface area contributed by atoms with E-state index in [0.29, 0.717) is 0 Å². The molecule has 0 fully saturated rings. The Kier molecular flexibility index (Phi) is 12.9. The third-order valence-corrected chi connectivity index (χ3v) is 4.42. The number of benzene rings is 4. The van der Waals surface area contributed by atoms with Crippen LogP contribution in [0, 0.1) is 39.8 Å². The van der Waals surface area contributed by atoms with E-state index >= 15 is 0 Å². The van der Waals surface area contributed by atoms with E-state index in [1.807, 2.05) is 48.5 Å². The molecule has 0 nitrogen and oxygen atoms in total. The molecule has 4 aromatic rings. The van der Waals surface area contributed by atoms with Crippen LogP contribution in [0.5, 0.6) is 0 Å². The van der Waals surface area contributed by atoms with Gasteiger partial charge in [-0.1, -0.05) is 73.5 Å². The van der Waals surface area contributed by atoms with Crippen molar-refractivity contribution in [3.63, 3.8) is 0 Å². The van der Waals surface area contributed by atoms with Crippen LogP contribution in [0.25, 0.3) is 0 Å². The Morgan fingerprint density at radius 2 is 0.700 bits per heavy atom. The van der Waals surface area contributed by atoms with E-state index in [4.69, 9.17) is 0 Å². The minimum Gasteiger partial charge on any atom is -0.184 e. The van der Waals surface area contributed by atoms with Crippen LogP contribution in [-0.4, -0.2) is 0 Å². The van der Waals surface area contributed by atoms with E-state index in [-0.39, 0.29) is 32.7 Å². The summed E-state index contributed by atoms with van der Waals surface area (Å²) in [6.45, 7) is 8.37. The van der Waals surface area contributed by atoms with Crippen LogP contribution in [0.15, 0.2) is 97.1 Å². The smallest absolute Gasteiger partial charge is 0 e. The van der Waals surface area contributed by atoms with E-state index in [2.05, 4.69) is 88.4 Å². The summed E-state index contributed by atoms with van der Waals surface area (Å²) in [4.78, 5) is 0. The van der Waals surface area contributed by atoms with Gasteiger partial charge in [-0.15, -0.1) is 0 Å². The minimum atomic E-state index is 0. The number of hydrogen-bond donors (Lipinski definition) is 0. The second-order valence-corrected chi connectivity index (χ2v) is 7.30. The van der Waals surface area contributed by atoms with Gasteiger partial charge < -0.3 is 0 Å². The molecule has 0 aromatic heterocycles. The summed E-state index contributed by atoms with van der Waals surface area (Å²) < 4.78 is 0. The second kappa shape index (κ2) is 14.9. The summed E-state index contributed by atoms with van der Waals surface area (Å²) in [6, 6.07) is 39.1. The molecule has 4 aromatic carbocycles. The minimum absolute atomic E-state index is 0. The Morgan fingerprint density at radius 1 is 0.433 bits per heavy atom. The predicted octanol–water partition coefficient (Wildman–Crippen LogP) is 7.48. The Bertz CT molecular complexity index is 844. The van der Waals surface area contributed by atoms with Gasteiger partial charge in [0.15, 0.2) is 0 Å². The molecule has 0 saturated carbocycles. The molecule has 151 valence electrons. The van der Waals surface area contributed by atoms with Crippen LogP contribution >= 0.6 is 0 Å². The van der Waals surface area contributed by atoms with Crippen molar-refractivity contribution in [2.45, 2.75) is 34.1 Å². The molecule has 0 heterocycles. The van der Waals surface area contributed by atoms with E-state index in [1.54, 1.807) is 0 Å². The second-order valence-electron chi connectivity index (χ2n) is 7.30. The Morgan fingerprint density at radius 3 is 0.933 bits per heavy atom. The zero-order valence-corrected chi connectivity index (χ0v) is 21.4. The van der Waals surface area contributed by atoms with E-state index in [1.165, 1.54) is 33.4 Å². The van der Waals surface area contributed by atoms with E-state index < -0.39 is 0 Å². The number of hydrogen-bond acceptors (Lipinski definition) is 0. The maximum atomic E-state index is 2.93. The van der Waals surface area contributed by atoms with Gasteiger partial charge in [-0.05, 0) is 31.4 Å². The molecule has 0 N–H and O–H groups in total. The number of aryl methyl sites for hydroxylation is 4. The molecule has 0 saturated heterocycles. The molecular weight excluding hydrogens is 437 g/mol. The predicted molar refractivity (Wildman–Crippen MR) is 125 cm³/mol. The molecule has 1 radical (unpaired) electrons. The van der Waals surface area contributed by atoms with Gasteiger partial charge in [0, 0.05) is 32.7 Å². The molecule has 4 rings (SSSR count). The first-order chi connectivity index (χ1) is 14.0. The zero-order chi connectivity index (χ0) is 20.9. The van der Waals surface area contributed by atoms with Crippen LogP contribution in [0.3, 0.4) is 0 Å². The van der Waals surface area contributed by atoms with Crippen LogP contribution in [0.2, 0.25) is 0 Å². The molecule has 0 unspecified atom stereocenters. The van der Waals surface area contributed by atoms with Crippen molar-refractivity contribution in [2.75, 3.05) is 0 Å². The van der Waals surface area contributed by atoms with Gasteiger partial charge in [0.25, 0.3) is 0 Å². The molecule has 0 aliphatic rings. The molecule has 1 heteroatoms. The quantitative estimate of drug-likeness (QED) is 0.268. The average Bonchev–Trinajstić information content (AvgIpc) is 2.74. The molecule has 0 atom stereocenters. The maximum Gasteiger partial charge on any atom is 0 e. The summed E-state index contributed by atoms with van der Waals surface area (Å²) >= 11 is 0. The fourth-order valence-electron chi connectivity index (χ4n) is 2.59. The maximum absolute atomic E-state index is 2.93. The van der Waals surface area contributed by atoms with E-state index in [0.717, 1.165) is 6.42 Å². The van der Waals surface area contributed by atoms with Gasteiger partial charge in [-0.25, -0.2) is 0 Å². The molecule has 0 spiro atoms. The Labute approximate surface area is 208 Å². The molecule has 0 aliphatic carbocycles. The average molecular weight is 467 g/mol.